The highest BCUT2D eigenvalue weighted by atomic mass is 16.5. The topological polar surface area (TPSA) is 96.0 Å². The normalized spacial score (nSPS) is 11.0. The predicted octanol–water partition coefficient (Wildman–Crippen LogP) is 5.53. The van der Waals surface area contributed by atoms with Gasteiger partial charge in [-0.25, -0.2) is 9.59 Å². The Bertz CT molecular complexity index is 1690. The Balaban J connectivity index is 1.43. The Kier molecular flexibility index (Phi) is 5.22. The predicted molar refractivity (Wildman–Crippen MR) is 126 cm³/mol. The maximum Gasteiger partial charge on any atom is 0.343 e. The number of esters is 1. The number of aryl methyl sites for hydroxylation is 2. The van der Waals surface area contributed by atoms with Gasteiger partial charge < -0.3 is 18.3 Å². The van der Waals surface area contributed by atoms with Crippen LogP contribution in [0.4, 0.5) is 0 Å². The van der Waals surface area contributed by atoms with Crippen molar-refractivity contribution >= 4 is 27.9 Å². The number of hydrogen-bond donors (Lipinski definition) is 0. The van der Waals surface area contributed by atoms with Gasteiger partial charge in [0, 0.05) is 23.6 Å². The fourth-order valence-electron chi connectivity index (χ4n) is 3.68. The van der Waals surface area contributed by atoms with Crippen molar-refractivity contribution in [2.24, 2.45) is 0 Å². The summed E-state index contributed by atoms with van der Waals surface area (Å²) in [5.41, 5.74) is 1.76. The molecule has 0 saturated heterocycles. The molecule has 0 N–H and O–H groups in total. The Morgan fingerprint density at radius 3 is 2.35 bits per heavy atom. The zero-order valence-electron chi connectivity index (χ0n) is 18.3. The molecule has 0 bridgehead atoms. The molecule has 0 aliphatic heterocycles. The molecule has 0 radical (unpaired) electrons. The van der Waals surface area contributed by atoms with Crippen molar-refractivity contribution in [3.8, 4) is 17.2 Å². The van der Waals surface area contributed by atoms with E-state index in [1.165, 1.54) is 30.5 Å². The molecule has 2 heterocycles. The molecule has 0 aliphatic carbocycles. The summed E-state index contributed by atoms with van der Waals surface area (Å²) < 4.78 is 22.0. The van der Waals surface area contributed by atoms with E-state index in [0.717, 1.165) is 16.5 Å². The van der Waals surface area contributed by atoms with Gasteiger partial charge in [0.25, 0.3) is 0 Å². The molecular weight excluding hydrogens is 436 g/mol. The van der Waals surface area contributed by atoms with Gasteiger partial charge >= 0.3 is 11.6 Å². The number of carbonyl (C=O) groups is 1. The molecule has 34 heavy (non-hydrogen) atoms. The molecular formula is C27H18O7. The van der Waals surface area contributed by atoms with Gasteiger partial charge in [0.2, 0.25) is 11.2 Å². The quantitative estimate of drug-likeness (QED) is 0.200. The van der Waals surface area contributed by atoms with Crippen molar-refractivity contribution in [2.75, 3.05) is 0 Å². The molecule has 2 aromatic heterocycles. The summed E-state index contributed by atoms with van der Waals surface area (Å²) >= 11 is 0. The third-order valence-corrected chi connectivity index (χ3v) is 5.44. The number of ether oxygens (including phenoxy) is 2. The second-order valence-corrected chi connectivity index (χ2v) is 7.80. The highest BCUT2D eigenvalue weighted by Crippen LogP contribution is 2.27. The Morgan fingerprint density at radius 1 is 0.794 bits per heavy atom. The third-order valence-electron chi connectivity index (χ3n) is 5.44. The lowest BCUT2D eigenvalue weighted by molar-refractivity contribution is 0.0734. The summed E-state index contributed by atoms with van der Waals surface area (Å²) in [5, 5.41) is 1.03. The lowest BCUT2D eigenvalue weighted by Gasteiger charge is -2.09. The fourth-order valence-corrected chi connectivity index (χ4v) is 3.68. The third kappa shape index (κ3) is 3.95. The minimum Gasteiger partial charge on any atom is -0.460 e. The lowest BCUT2D eigenvalue weighted by atomic mass is 10.1. The number of hydrogen-bond acceptors (Lipinski definition) is 7. The molecule has 0 aliphatic rings. The van der Waals surface area contributed by atoms with Crippen LogP contribution >= 0.6 is 0 Å². The standard InChI is InChI=1S/C27H18O7/c1-15-5-3-4-6-20(15)27(30)33-18-8-10-21-22(12-18)31-14-24(26(21)29)32-17-7-9-19-16(2)11-25(28)34-23(19)13-17/h3-14H,1-2H3. The number of rotatable bonds is 4. The van der Waals surface area contributed by atoms with Crippen LogP contribution in [-0.4, -0.2) is 5.97 Å². The number of fused-ring (bicyclic) bond motifs is 2. The molecule has 0 spiro atoms. The molecule has 0 unspecified atom stereocenters. The smallest absolute Gasteiger partial charge is 0.343 e. The van der Waals surface area contributed by atoms with Crippen LogP contribution in [0, 0.1) is 13.8 Å². The number of benzene rings is 3. The van der Waals surface area contributed by atoms with Crippen molar-refractivity contribution in [1.29, 1.82) is 0 Å². The van der Waals surface area contributed by atoms with E-state index in [4.69, 9.17) is 18.3 Å². The van der Waals surface area contributed by atoms with E-state index < -0.39 is 17.0 Å². The van der Waals surface area contributed by atoms with Crippen molar-refractivity contribution in [1.82, 2.24) is 0 Å². The van der Waals surface area contributed by atoms with Crippen LogP contribution in [0.3, 0.4) is 0 Å². The van der Waals surface area contributed by atoms with Crippen LogP contribution in [0.5, 0.6) is 17.2 Å². The van der Waals surface area contributed by atoms with Crippen LogP contribution in [0.1, 0.15) is 21.5 Å². The van der Waals surface area contributed by atoms with E-state index in [1.54, 1.807) is 30.3 Å². The molecule has 7 nitrogen and oxygen atoms in total. The fraction of sp³-hybridized carbons (Fsp3) is 0.0741. The SMILES string of the molecule is Cc1ccccc1C(=O)Oc1ccc2c(=O)c(Oc3ccc4c(C)cc(=O)oc4c3)coc2c1. The van der Waals surface area contributed by atoms with Gasteiger partial charge in [0.1, 0.15) is 28.9 Å². The summed E-state index contributed by atoms with van der Waals surface area (Å²) in [6.07, 6.45) is 1.19. The van der Waals surface area contributed by atoms with Crippen LogP contribution in [-0.2, 0) is 0 Å². The van der Waals surface area contributed by atoms with Gasteiger partial charge in [-0.15, -0.1) is 0 Å². The van der Waals surface area contributed by atoms with Gasteiger partial charge in [0.05, 0.1) is 10.9 Å². The first-order chi connectivity index (χ1) is 16.4. The van der Waals surface area contributed by atoms with Crippen molar-refractivity contribution in [3.05, 3.63) is 110 Å². The van der Waals surface area contributed by atoms with E-state index in [9.17, 15) is 14.4 Å². The molecule has 7 heteroatoms. The van der Waals surface area contributed by atoms with E-state index in [2.05, 4.69) is 0 Å². The molecule has 0 saturated carbocycles. The van der Waals surface area contributed by atoms with Crippen LogP contribution in [0.25, 0.3) is 21.9 Å². The van der Waals surface area contributed by atoms with Gasteiger partial charge in [-0.05, 0) is 55.3 Å². The second kappa shape index (κ2) is 8.37. The molecule has 0 amide bonds. The van der Waals surface area contributed by atoms with Gasteiger partial charge in [0.15, 0.2) is 0 Å². The summed E-state index contributed by atoms with van der Waals surface area (Å²) in [4.78, 5) is 37.1. The first-order valence-corrected chi connectivity index (χ1v) is 10.4. The highest BCUT2D eigenvalue weighted by molar-refractivity contribution is 5.93. The molecule has 0 atom stereocenters. The molecule has 5 rings (SSSR count). The maximum absolute atomic E-state index is 12.9. The summed E-state index contributed by atoms with van der Waals surface area (Å²) in [7, 11) is 0. The van der Waals surface area contributed by atoms with Crippen LogP contribution < -0.4 is 20.5 Å². The second-order valence-electron chi connectivity index (χ2n) is 7.80. The minimum atomic E-state index is -0.502. The van der Waals surface area contributed by atoms with Crippen LogP contribution in [0.15, 0.2) is 91.4 Å². The summed E-state index contributed by atoms with van der Waals surface area (Å²) in [5.74, 6) is 0.0265. The van der Waals surface area contributed by atoms with E-state index in [-0.39, 0.29) is 22.5 Å². The first kappa shape index (κ1) is 21.2. The zero-order valence-corrected chi connectivity index (χ0v) is 18.3. The van der Waals surface area contributed by atoms with Crippen molar-refractivity contribution in [3.63, 3.8) is 0 Å². The number of carbonyl (C=O) groups excluding carboxylic acids is 1. The maximum atomic E-state index is 12.9. The Labute approximate surface area is 192 Å². The monoisotopic (exact) mass is 454 g/mol. The van der Waals surface area contributed by atoms with Gasteiger partial charge in [-0.3, -0.25) is 4.79 Å². The lowest BCUT2D eigenvalue weighted by Crippen LogP contribution is -2.10. The molecule has 168 valence electrons. The summed E-state index contributed by atoms with van der Waals surface area (Å²) in [6, 6.07) is 18.0. The minimum absolute atomic E-state index is 0.0356. The molecule has 5 aromatic rings. The molecule has 0 fully saturated rings. The van der Waals surface area contributed by atoms with Crippen molar-refractivity contribution < 1.29 is 23.1 Å². The Morgan fingerprint density at radius 2 is 1.53 bits per heavy atom. The first-order valence-electron chi connectivity index (χ1n) is 10.4. The average Bonchev–Trinajstić information content (AvgIpc) is 2.81. The zero-order chi connectivity index (χ0) is 23.8. The average molecular weight is 454 g/mol. The highest BCUT2D eigenvalue weighted by Gasteiger charge is 2.14. The Hall–Kier alpha value is -4.65. The van der Waals surface area contributed by atoms with E-state index in [0.29, 0.717) is 16.9 Å². The van der Waals surface area contributed by atoms with Gasteiger partial charge in [-0.2, -0.15) is 0 Å². The van der Waals surface area contributed by atoms with Crippen LogP contribution in [0.2, 0.25) is 0 Å². The van der Waals surface area contributed by atoms with E-state index in [1.807, 2.05) is 26.0 Å². The molecule has 3 aromatic carbocycles. The van der Waals surface area contributed by atoms with Crippen molar-refractivity contribution in [2.45, 2.75) is 13.8 Å². The summed E-state index contributed by atoms with van der Waals surface area (Å²) in [6.45, 7) is 3.63. The van der Waals surface area contributed by atoms with E-state index >= 15 is 0 Å². The van der Waals surface area contributed by atoms with Gasteiger partial charge in [-0.1, -0.05) is 18.2 Å². The largest absolute Gasteiger partial charge is 0.460 e.